The number of aryl methyl sites for hydroxylation is 1. The summed E-state index contributed by atoms with van der Waals surface area (Å²) in [5.74, 6) is 0.0983. The highest BCUT2D eigenvalue weighted by molar-refractivity contribution is 7.18. The van der Waals surface area contributed by atoms with Gasteiger partial charge in [0.05, 0.1) is 15.2 Å². The molecule has 4 heteroatoms. The first-order valence-corrected chi connectivity index (χ1v) is 6.16. The predicted octanol–water partition coefficient (Wildman–Crippen LogP) is 2.37. The van der Waals surface area contributed by atoms with E-state index in [1.54, 1.807) is 18.4 Å². The van der Waals surface area contributed by atoms with Crippen LogP contribution in [0.2, 0.25) is 0 Å². The Morgan fingerprint density at radius 1 is 1.44 bits per heavy atom. The standard InChI is InChI=1S/C12H14N2OS/c1-13-11(15)7-4-8-12-14-9-5-2-3-6-10(9)16-12/h2-3,5-6H,4,7-8H2,1H3,(H,13,15). The molecule has 2 rings (SSSR count). The largest absolute Gasteiger partial charge is 0.359 e. The Hall–Kier alpha value is -1.42. The Kier molecular flexibility index (Phi) is 3.51. The molecule has 0 fully saturated rings. The lowest BCUT2D eigenvalue weighted by Crippen LogP contribution is -2.17. The van der Waals surface area contributed by atoms with E-state index in [2.05, 4.69) is 16.4 Å². The second kappa shape index (κ2) is 5.07. The first-order chi connectivity index (χ1) is 7.79. The zero-order valence-electron chi connectivity index (χ0n) is 9.19. The van der Waals surface area contributed by atoms with Gasteiger partial charge in [-0.3, -0.25) is 4.79 Å². The van der Waals surface area contributed by atoms with Gasteiger partial charge in [-0.15, -0.1) is 11.3 Å². The Morgan fingerprint density at radius 3 is 3.00 bits per heavy atom. The molecule has 0 spiro atoms. The van der Waals surface area contributed by atoms with E-state index in [0.717, 1.165) is 23.4 Å². The second-order valence-electron chi connectivity index (χ2n) is 3.60. The van der Waals surface area contributed by atoms with Crippen LogP contribution in [0.15, 0.2) is 24.3 Å². The minimum absolute atomic E-state index is 0.0983. The van der Waals surface area contributed by atoms with Crippen molar-refractivity contribution in [2.45, 2.75) is 19.3 Å². The number of amides is 1. The van der Waals surface area contributed by atoms with E-state index in [4.69, 9.17) is 0 Å². The molecule has 0 aliphatic carbocycles. The van der Waals surface area contributed by atoms with Gasteiger partial charge in [-0.25, -0.2) is 4.98 Å². The minimum atomic E-state index is 0.0983. The highest BCUT2D eigenvalue weighted by Gasteiger charge is 2.04. The van der Waals surface area contributed by atoms with Crippen molar-refractivity contribution in [3.63, 3.8) is 0 Å². The number of hydrogen-bond acceptors (Lipinski definition) is 3. The van der Waals surface area contributed by atoms with Crippen LogP contribution >= 0.6 is 11.3 Å². The van der Waals surface area contributed by atoms with Crippen LogP contribution in [0.5, 0.6) is 0 Å². The van der Waals surface area contributed by atoms with Crippen molar-refractivity contribution in [2.24, 2.45) is 0 Å². The van der Waals surface area contributed by atoms with E-state index in [0.29, 0.717) is 6.42 Å². The fourth-order valence-electron chi connectivity index (χ4n) is 1.55. The molecule has 1 aromatic carbocycles. The maximum Gasteiger partial charge on any atom is 0.219 e. The van der Waals surface area contributed by atoms with Crippen LogP contribution in [0.3, 0.4) is 0 Å². The summed E-state index contributed by atoms with van der Waals surface area (Å²) in [6.45, 7) is 0. The number of rotatable bonds is 4. The molecule has 2 aromatic rings. The molecule has 0 radical (unpaired) electrons. The lowest BCUT2D eigenvalue weighted by atomic mass is 10.2. The molecule has 1 heterocycles. The molecule has 0 aliphatic heterocycles. The van der Waals surface area contributed by atoms with Crippen molar-refractivity contribution in [1.29, 1.82) is 0 Å². The summed E-state index contributed by atoms with van der Waals surface area (Å²) in [5.41, 5.74) is 1.06. The molecule has 3 nitrogen and oxygen atoms in total. The van der Waals surface area contributed by atoms with Gasteiger partial charge in [-0.2, -0.15) is 0 Å². The fraction of sp³-hybridized carbons (Fsp3) is 0.333. The molecule has 1 N–H and O–H groups in total. The number of hydrogen-bond donors (Lipinski definition) is 1. The average Bonchev–Trinajstić information content (AvgIpc) is 2.71. The van der Waals surface area contributed by atoms with Crippen LogP contribution in [0.1, 0.15) is 17.8 Å². The molecule has 0 saturated heterocycles. The highest BCUT2D eigenvalue weighted by Crippen LogP contribution is 2.22. The summed E-state index contributed by atoms with van der Waals surface area (Å²) >= 11 is 1.71. The smallest absolute Gasteiger partial charge is 0.219 e. The summed E-state index contributed by atoms with van der Waals surface area (Å²) < 4.78 is 1.22. The Balaban J connectivity index is 1.97. The SMILES string of the molecule is CNC(=O)CCCc1nc2ccccc2s1. The van der Waals surface area contributed by atoms with Gasteiger partial charge in [0.15, 0.2) is 0 Å². The van der Waals surface area contributed by atoms with Gasteiger partial charge in [-0.1, -0.05) is 12.1 Å². The maximum absolute atomic E-state index is 11.0. The normalized spacial score (nSPS) is 10.6. The molecule has 1 amide bonds. The van der Waals surface area contributed by atoms with Crippen molar-refractivity contribution in [3.05, 3.63) is 29.3 Å². The maximum atomic E-state index is 11.0. The summed E-state index contributed by atoms with van der Waals surface area (Å²) in [4.78, 5) is 15.6. The highest BCUT2D eigenvalue weighted by atomic mass is 32.1. The van der Waals surface area contributed by atoms with Crippen molar-refractivity contribution < 1.29 is 4.79 Å². The monoisotopic (exact) mass is 234 g/mol. The quantitative estimate of drug-likeness (QED) is 0.882. The zero-order chi connectivity index (χ0) is 11.4. The molecule has 1 aromatic heterocycles. The Bertz CT molecular complexity index is 459. The van der Waals surface area contributed by atoms with E-state index >= 15 is 0 Å². The van der Waals surface area contributed by atoms with Gasteiger partial charge >= 0.3 is 0 Å². The van der Waals surface area contributed by atoms with E-state index in [1.165, 1.54) is 4.70 Å². The van der Waals surface area contributed by atoms with Crippen LogP contribution in [0.25, 0.3) is 10.2 Å². The van der Waals surface area contributed by atoms with Crippen LogP contribution in [-0.2, 0) is 11.2 Å². The van der Waals surface area contributed by atoms with Crippen molar-refractivity contribution in [1.82, 2.24) is 10.3 Å². The second-order valence-corrected chi connectivity index (χ2v) is 4.72. The Morgan fingerprint density at radius 2 is 2.25 bits per heavy atom. The number of carbonyl (C=O) groups is 1. The number of benzene rings is 1. The summed E-state index contributed by atoms with van der Waals surface area (Å²) in [6, 6.07) is 8.12. The van der Waals surface area contributed by atoms with Crippen molar-refractivity contribution in [3.8, 4) is 0 Å². The van der Waals surface area contributed by atoms with Crippen molar-refractivity contribution in [2.75, 3.05) is 7.05 Å². The summed E-state index contributed by atoms with van der Waals surface area (Å²) in [6.07, 6.45) is 2.32. The third-order valence-electron chi connectivity index (χ3n) is 2.41. The molecular weight excluding hydrogens is 220 g/mol. The van der Waals surface area contributed by atoms with Gasteiger partial charge in [0, 0.05) is 13.5 Å². The molecule has 0 aliphatic rings. The predicted molar refractivity (Wildman–Crippen MR) is 66.6 cm³/mol. The summed E-state index contributed by atoms with van der Waals surface area (Å²) in [7, 11) is 1.67. The zero-order valence-corrected chi connectivity index (χ0v) is 10.0. The third-order valence-corrected chi connectivity index (χ3v) is 3.51. The molecule has 0 saturated carbocycles. The number of aromatic nitrogens is 1. The third kappa shape index (κ3) is 2.58. The topological polar surface area (TPSA) is 42.0 Å². The first-order valence-electron chi connectivity index (χ1n) is 5.34. The van der Waals surface area contributed by atoms with Crippen LogP contribution in [0.4, 0.5) is 0 Å². The van der Waals surface area contributed by atoms with E-state index in [1.807, 2.05) is 18.2 Å². The molecule has 0 unspecified atom stereocenters. The van der Waals surface area contributed by atoms with Crippen LogP contribution < -0.4 is 5.32 Å². The number of carbonyl (C=O) groups excluding carboxylic acids is 1. The van der Waals surface area contributed by atoms with Crippen LogP contribution in [-0.4, -0.2) is 17.9 Å². The van der Waals surface area contributed by atoms with Crippen LogP contribution in [0, 0.1) is 0 Å². The molecule has 84 valence electrons. The van der Waals surface area contributed by atoms with E-state index in [9.17, 15) is 4.79 Å². The number of nitrogens with one attached hydrogen (secondary N) is 1. The first kappa shape index (κ1) is 11.1. The lowest BCUT2D eigenvalue weighted by molar-refractivity contribution is -0.120. The number of thiazole rings is 1. The number of nitrogens with zero attached hydrogens (tertiary/aromatic N) is 1. The minimum Gasteiger partial charge on any atom is -0.359 e. The summed E-state index contributed by atoms with van der Waals surface area (Å²) in [5, 5.41) is 3.74. The van der Waals surface area contributed by atoms with Gasteiger partial charge in [0.1, 0.15) is 0 Å². The average molecular weight is 234 g/mol. The van der Waals surface area contributed by atoms with Crippen molar-refractivity contribution >= 4 is 27.5 Å². The van der Waals surface area contributed by atoms with E-state index < -0.39 is 0 Å². The number of para-hydroxylation sites is 1. The van der Waals surface area contributed by atoms with Gasteiger partial charge in [0.2, 0.25) is 5.91 Å². The van der Waals surface area contributed by atoms with E-state index in [-0.39, 0.29) is 5.91 Å². The Labute approximate surface area is 98.5 Å². The molecule has 0 atom stereocenters. The van der Waals surface area contributed by atoms with Gasteiger partial charge in [-0.05, 0) is 25.0 Å². The lowest BCUT2D eigenvalue weighted by Gasteiger charge is -1.96. The van der Waals surface area contributed by atoms with Gasteiger partial charge in [0.25, 0.3) is 0 Å². The molecule has 0 bridgehead atoms. The number of fused-ring (bicyclic) bond motifs is 1. The molecule has 16 heavy (non-hydrogen) atoms. The molecular formula is C12H14N2OS. The fourth-order valence-corrected chi connectivity index (χ4v) is 2.56. The van der Waals surface area contributed by atoms with Gasteiger partial charge < -0.3 is 5.32 Å².